The number of H-pyrrole nitrogens is 1. The van der Waals surface area contributed by atoms with Crippen LogP contribution in [0, 0.1) is 10.6 Å². The number of aromatic amines is 1. The molecule has 0 saturated heterocycles. The minimum atomic E-state index is -0.345. The molecule has 5 heteroatoms. The molecule has 1 N–H and O–H groups in total. The van der Waals surface area contributed by atoms with Crippen LogP contribution >= 0.6 is 12.2 Å². The molecule has 3 nitrogen and oxygen atoms in total. The van der Waals surface area contributed by atoms with E-state index in [1.54, 1.807) is 22.8 Å². The molecule has 122 valence electrons. The first-order chi connectivity index (χ1) is 12.2. The molecule has 4 aromatic rings. The second-order valence-electron chi connectivity index (χ2n) is 5.58. The van der Waals surface area contributed by atoms with Crippen molar-refractivity contribution in [3.8, 4) is 28.2 Å². The van der Waals surface area contributed by atoms with Gasteiger partial charge < -0.3 is 0 Å². The highest BCUT2D eigenvalue weighted by atomic mass is 32.1. The molecule has 25 heavy (non-hydrogen) atoms. The van der Waals surface area contributed by atoms with Crippen LogP contribution in [0.3, 0.4) is 0 Å². The van der Waals surface area contributed by atoms with Crippen molar-refractivity contribution in [1.29, 1.82) is 0 Å². The van der Waals surface area contributed by atoms with Gasteiger partial charge in [0, 0.05) is 5.56 Å². The molecule has 0 bridgehead atoms. The minimum absolute atomic E-state index is 0.345. The Balaban J connectivity index is 1.79. The summed E-state index contributed by atoms with van der Waals surface area (Å²) >= 11 is 5.30. The van der Waals surface area contributed by atoms with E-state index in [0.29, 0.717) is 16.3 Å². The molecule has 0 radical (unpaired) electrons. The van der Waals surface area contributed by atoms with Crippen molar-refractivity contribution in [3.05, 3.63) is 89.5 Å². The summed E-state index contributed by atoms with van der Waals surface area (Å²) in [4.78, 5) is 0. The fraction of sp³-hybridized carbons (Fsp3) is 0. The van der Waals surface area contributed by atoms with Crippen LogP contribution in [-0.4, -0.2) is 14.8 Å². The Morgan fingerprint density at radius 3 is 2.08 bits per heavy atom. The standard InChI is InChI=1S/C20H14FN3S/c21-17-8-4-5-9-18(17)24-19(22-23-20(24)25)16-12-10-15(11-13-16)14-6-2-1-3-7-14/h1-13H,(H,23,25). The molecule has 0 unspecified atom stereocenters. The smallest absolute Gasteiger partial charge is 0.200 e. The van der Waals surface area contributed by atoms with E-state index in [2.05, 4.69) is 22.3 Å². The normalized spacial score (nSPS) is 10.8. The third-order valence-corrected chi connectivity index (χ3v) is 4.29. The molecule has 0 spiro atoms. The maximum absolute atomic E-state index is 14.2. The van der Waals surface area contributed by atoms with Crippen molar-refractivity contribution >= 4 is 12.2 Å². The third kappa shape index (κ3) is 2.90. The van der Waals surface area contributed by atoms with Crippen molar-refractivity contribution in [2.24, 2.45) is 0 Å². The number of hydrogen-bond acceptors (Lipinski definition) is 2. The van der Waals surface area contributed by atoms with Crippen molar-refractivity contribution in [1.82, 2.24) is 14.8 Å². The highest BCUT2D eigenvalue weighted by molar-refractivity contribution is 7.71. The maximum Gasteiger partial charge on any atom is 0.200 e. The molecule has 3 aromatic carbocycles. The fourth-order valence-corrected chi connectivity index (χ4v) is 3.02. The van der Waals surface area contributed by atoms with Crippen LogP contribution in [0.2, 0.25) is 0 Å². The molecule has 1 heterocycles. The summed E-state index contributed by atoms with van der Waals surface area (Å²) in [6.45, 7) is 0. The van der Waals surface area contributed by atoms with E-state index in [1.165, 1.54) is 6.07 Å². The molecule has 0 atom stereocenters. The number of aromatic nitrogens is 3. The summed E-state index contributed by atoms with van der Waals surface area (Å²) in [5, 5.41) is 7.04. The van der Waals surface area contributed by atoms with Crippen molar-refractivity contribution < 1.29 is 4.39 Å². The summed E-state index contributed by atoms with van der Waals surface area (Å²) in [7, 11) is 0. The predicted molar refractivity (Wildman–Crippen MR) is 99.6 cm³/mol. The molecular weight excluding hydrogens is 333 g/mol. The minimum Gasteiger partial charge on any atom is -0.265 e. The van der Waals surface area contributed by atoms with Gasteiger partial charge in [-0.1, -0.05) is 66.7 Å². The number of benzene rings is 3. The van der Waals surface area contributed by atoms with Crippen molar-refractivity contribution in [2.45, 2.75) is 0 Å². The molecule has 0 aliphatic heterocycles. The van der Waals surface area contributed by atoms with Crippen LogP contribution in [0.4, 0.5) is 4.39 Å². The lowest BCUT2D eigenvalue weighted by molar-refractivity contribution is 0.618. The molecule has 0 amide bonds. The van der Waals surface area contributed by atoms with Gasteiger partial charge in [0.2, 0.25) is 0 Å². The molecule has 0 saturated carbocycles. The zero-order valence-corrected chi connectivity index (χ0v) is 14.0. The molecular formula is C20H14FN3S. The van der Waals surface area contributed by atoms with Gasteiger partial charge in [0.05, 0.1) is 5.69 Å². The van der Waals surface area contributed by atoms with E-state index in [4.69, 9.17) is 12.2 Å². The topological polar surface area (TPSA) is 33.6 Å². The molecule has 1 aromatic heterocycles. The lowest BCUT2D eigenvalue weighted by atomic mass is 10.0. The van der Waals surface area contributed by atoms with E-state index in [-0.39, 0.29) is 5.82 Å². The Morgan fingerprint density at radius 2 is 1.36 bits per heavy atom. The van der Waals surface area contributed by atoms with E-state index >= 15 is 0 Å². The van der Waals surface area contributed by atoms with Crippen LogP contribution in [0.5, 0.6) is 0 Å². The van der Waals surface area contributed by atoms with Crippen LogP contribution < -0.4 is 0 Å². The number of halogens is 1. The van der Waals surface area contributed by atoms with E-state index in [1.807, 2.05) is 42.5 Å². The van der Waals surface area contributed by atoms with Crippen LogP contribution in [0.25, 0.3) is 28.2 Å². The first-order valence-electron chi connectivity index (χ1n) is 7.82. The van der Waals surface area contributed by atoms with Gasteiger partial charge in [0.15, 0.2) is 10.6 Å². The molecule has 0 fully saturated rings. The Hall–Kier alpha value is -3.05. The van der Waals surface area contributed by atoms with Gasteiger partial charge >= 0.3 is 0 Å². The van der Waals surface area contributed by atoms with E-state index < -0.39 is 0 Å². The first kappa shape index (κ1) is 15.5. The number of rotatable bonds is 3. The summed E-state index contributed by atoms with van der Waals surface area (Å²) < 4.78 is 16.2. The Kier molecular flexibility index (Phi) is 3.99. The average molecular weight is 347 g/mol. The molecule has 0 aliphatic rings. The average Bonchev–Trinajstić information content (AvgIpc) is 3.04. The Labute approximate surface area is 149 Å². The summed E-state index contributed by atoms with van der Waals surface area (Å²) in [6, 6.07) is 24.6. The first-order valence-corrected chi connectivity index (χ1v) is 8.23. The lowest BCUT2D eigenvalue weighted by Crippen LogP contribution is -2.00. The zero-order chi connectivity index (χ0) is 17.2. The van der Waals surface area contributed by atoms with Gasteiger partial charge in [-0.05, 0) is 35.5 Å². The number of hydrogen-bond donors (Lipinski definition) is 1. The van der Waals surface area contributed by atoms with Gasteiger partial charge in [0.25, 0.3) is 0 Å². The second-order valence-corrected chi connectivity index (χ2v) is 5.97. The van der Waals surface area contributed by atoms with Crippen molar-refractivity contribution in [2.75, 3.05) is 0 Å². The number of nitrogens with zero attached hydrogens (tertiary/aromatic N) is 2. The van der Waals surface area contributed by atoms with E-state index in [0.717, 1.165) is 16.7 Å². The zero-order valence-electron chi connectivity index (χ0n) is 13.2. The largest absolute Gasteiger partial charge is 0.265 e. The monoisotopic (exact) mass is 347 g/mol. The lowest BCUT2D eigenvalue weighted by Gasteiger charge is -2.09. The summed E-state index contributed by atoms with van der Waals surface area (Å²) in [5.41, 5.74) is 3.48. The fourth-order valence-electron chi connectivity index (χ4n) is 2.79. The third-order valence-electron chi connectivity index (χ3n) is 4.02. The van der Waals surface area contributed by atoms with Gasteiger partial charge in [-0.3, -0.25) is 9.67 Å². The van der Waals surface area contributed by atoms with Gasteiger partial charge in [-0.2, -0.15) is 5.10 Å². The Bertz CT molecular complexity index is 1070. The SMILES string of the molecule is Fc1ccccc1-n1c(-c2ccc(-c3ccccc3)cc2)n[nH]c1=S. The van der Waals surface area contributed by atoms with Gasteiger partial charge in [-0.15, -0.1) is 0 Å². The summed E-state index contributed by atoms with van der Waals surface area (Å²) in [5.74, 6) is 0.233. The maximum atomic E-state index is 14.2. The number of nitrogens with one attached hydrogen (secondary N) is 1. The van der Waals surface area contributed by atoms with Crippen LogP contribution in [0.15, 0.2) is 78.9 Å². The van der Waals surface area contributed by atoms with Crippen LogP contribution in [-0.2, 0) is 0 Å². The highest BCUT2D eigenvalue weighted by Crippen LogP contribution is 2.26. The van der Waals surface area contributed by atoms with E-state index in [9.17, 15) is 4.39 Å². The molecule has 0 aliphatic carbocycles. The predicted octanol–water partition coefficient (Wildman–Crippen LogP) is 5.40. The number of para-hydroxylation sites is 1. The summed E-state index contributed by atoms with van der Waals surface area (Å²) in [6.07, 6.45) is 0. The second kappa shape index (κ2) is 6.45. The van der Waals surface area contributed by atoms with Crippen LogP contribution in [0.1, 0.15) is 0 Å². The van der Waals surface area contributed by atoms with Gasteiger partial charge in [0.1, 0.15) is 5.82 Å². The van der Waals surface area contributed by atoms with Crippen molar-refractivity contribution in [3.63, 3.8) is 0 Å². The van der Waals surface area contributed by atoms with Gasteiger partial charge in [-0.25, -0.2) is 4.39 Å². The quantitative estimate of drug-likeness (QED) is 0.503. The highest BCUT2D eigenvalue weighted by Gasteiger charge is 2.13. The molecule has 4 rings (SSSR count). The Morgan fingerprint density at radius 1 is 0.760 bits per heavy atom.